The second-order valence-electron chi connectivity index (χ2n) is 4.80. The van der Waals surface area contributed by atoms with Crippen molar-refractivity contribution in [1.82, 2.24) is 5.43 Å². The summed E-state index contributed by atoms with van der Waals surface area (Å²) in [6, 6.07) is 12.4. The molecule has 2 aromatic rings. The molecule has 0 atom stereocenters. The van der Waals surface area contributed by atoms with Crippen LogP contribution in [0.25, 0.3) is 0 Å². The number of carbonyl (C=O) groups excluding carboxylic acids is 1. The molecule has 1 amide bonds. The van der Waals surface area contributed by atoms with E-state index in [-0.39, 0.29) is 12.4 Å². The van der Waals surface area contributed by atoms with Gasteiger partial charge < -0.3 is 14.6 Å². The van der Waals surface area contributed by atoms with E-state index in [2.05, 4.69) is 10.5 Å². The zero-order valence-corrected chi connectivity index (χ0v) is 12.9. The van der Waals surface area contributed by atoms with E-state index >= 15 is 0 Å². The van der Waals surface area contributed by atoms with Crippen molar-refractivity contribution < 1.29 is 19.4 Å². The average molecular weight is 314 g/mol. The van der Waals surface area contributed by atoms with Crippen molar-refractivity contribution in [2.24, 2.45) is 5.10 Å². The zero-order chi connectivity index (χ0) is 16.7. The number of methoxy groups -OCH3 is 1. The molecule has 0 saturated carbocycles. The van der Waals surface area contributed by atoms with E-state index < -0.39 is 5.91 Å². The molecule has 23 heavy (non-hydrogen) atoms. The first-order valence-corrected chi connectivity index (χ1v) is 6.97. The Balaban J connectivity index is 1.87. The second kappa shape index (κ2) is 7.84. The Morgan fingerprint density at radius 2 is 2.09 bits per heavy atom. The van der Waals surface area contributed by atoms with Crippen LogP contribution < -0.4 is 14.9 Å². The van der Waals surface area contributed by atoms with Gasteiger partial charge in [0.25, 0.3) is 5.91 Å². The van der Waals surface area contributed by atoms with Gasteiger partial charge >= 0.3 is 0 Å². The molecule has 0 aromatic heterocycles. The smallest absolute Gasteiger partial charge is 0.277 e. The Morgan fingerprint density at radius 3 is 2.83 bits per heavy atom. The van der Waals surface area contributed by atoms with Gasteiger partial charge in [-0.3, -0.25) is 4.79 Å². The molecule has 2 rings (SSSR count). The zero-order valence-electron chi connectivity index (χ0n) is 12.9. The lowest BCUT2D eigenvalue weighted by molar-refractivity contribution is -0.123. The van der Waals surface area contributed by atoms with Crippen LogP contribution in [0.5, 0.6) is 17.2 Å². The second-order valence-corrected chi connectivity index (χ2v) is 4.80. The number of hydrogen-bond donors (Lipinski definition) is 2. The molecule has 2 aromatic carbocycles. The molecule has 0 aliphatic rings. The van der Waals surface area contributed by atoms with Gasteiger partial charge in [0.05, 0.1) is 13.3 Å². The third kappa shape index (κ3) is 4.74. The van der Waals surface area contributed by atoms with Gasteiger partial charge in [-0.05, 0) is 36.8 Å². The molecule has 0 heterocycles. The normalized spacial score (nSPS) is 10.5. The van der Waals surface area contributed by atoms with Gasteiger partial charge in [-0.1, -0.05) is 18.2 Å². The molecule has 0 aliphatic heterocycles. The third-order valence-corrected chi connectivity index (χ3v) is 3.00. The standard InChI is InChI=1S/C17H18N2O4/c1-12-5-3-7-14(9-12)23-11-16(20)19-18-10-13-6-4-8-15(22-2)17(13)21/h3-10,21H,11H2,1-2H3,(H,19,20). The first-order chi connectivity index (χ1) is 11.1. The molecule has 2 N–H and O–H groups in total. The molecule has 0 radical (unpaired) electrons. The number of amides is 1. The highest BCUT2D eigenvalue weighted by Gasteiger charge is 2.05. The summed E-state index contributed by atoms with van der Waals surface area (Å²) in [6.07, 6.45) is 1.34. The summed E-state index contributed by atoms with van der Waals surface area (Å²) in [7, 11) is 1.46. The maximum absolute atomic E-state index is 11.7. The molecular weight excluding hydrogens is 296 g/mol. The topological polar surface area (TPSA) is 80.2 Å². The van der Waals surface area contributed by atoms with E-state index in [0.29, 0.717) is 17.1 Å². The summed E-state index contributed by atoms with van der Waals surface area (Å²) in [4.78, 5) is 11.7. The van der Waals surface area contributed by atoms with E-state index in [1.165, 1.54) is 13.3 Å². The van der Waals surface area contributed by atoms with Crippen LogP contribution in [0.4, 0.5) is 0 Å². The van der Waals surface area contributed by atoms with Crippen molar-refractivity contribution in [3.8, 4) is 17.2 Å². The van der Waals surface area contributed by atoms with E-state index in [4.69, 9.17) is 9.47 Å². The Labute approximate surface area is 134 Å². The first-order valence-electron chi connectivity index (χ1n) is 6.97. The number of phenols is 1. The van der Waals surface area contributed by atoms with Gasteiger partial charge in [0, 0.05) is 5.56 Å². The third-order valence-electron chi connectivity index (χ3n) is 3.00. The molecule has 0 saturated heterocycles. The summed E-state index contributed by atoms with van der Waals surface area (Å²) in [6.45, 7) is 1.79. The van der Waals surface area contributed by atoms with E-state index in [1.54, 1.807) is 24.3 Å². The van der Waals surface area contributed by atoms with Crippen LogP contribution in [0.2, 0.25) is 0 Å². The Kier molecular flexibility index (Phi) is 5.57. The number of nitrogens with zero attached hydrogens (tertiary/aromatic N) is 1. The summed E-state index contributed by atoms with van der Waals surface area (Å²) in [5.74, 6) is 0.520. The van der Waals surface area contributed by atoms with Gasteiger partial charge in [0.2, 0.25) is 0 Å². The number of hydrazone groups is 1. The number of aromatic hydroxyl groups is 1. The van der Waals surface area contributed by atoms with Crippen molar-refractivity contribution in [2.75, 3.05) is 13.7 Å². The van der Waals surface area contributed by atoms with Crippen molar-refractivity contribution in [2.45, 2.75) is 6.92 Å². The molecule has 0 aliphatic carbocycles. The fraction of sp³-hybridized carbons (Fsp3) is 0.176. The van der Waals surface area contributed by atoms with Gasteiger partial charge in [-0.2, -0.15) is 5.10 Å². The van der Waals surface area contributed by atoms with Crippen LogP contribution in [0.3, 0.4) is 0 Å². The molecule has 120 valence electrons. The first kappa shape index (κ1) is 16.4. The average Bonchev–Trinajstić information content (AvgIpc) is 2.54. The lowest BCUT2D eigenvalue weighted by Crippen LogP contribution is -2.24. The number of hydrogen-bond acceptors (Lipinski definition) is 5. The quantitative estimate of drug-likeness (QED) is 0.633. The molecule has 6 heteroatoms. The number of rotatable bonds is 6. The van der Waals surface area contributed by atoms with Crippen molar-refractivity contribution in [1.29, 1.82) is 0 Å². The number of nitrogens with one attached hydrogen (secondary N) is 1. The number of carbonyl (C=O) groups is 1. The highest BCUT2D eigenvalue weighted by atomic mass is 16.5. The lowest BCUT2D eigenvalue weighted by atomic mass is 10.2. The number of para-hydroxylation sites is 1. The number of phenolic OH excluding ortho intramolecular Hbond substituents is 1. The fourth-order valence-electron chi connectivity index (χ4n) is 1.87. The number of benzene rings is 2. The number of aryl methyl sites for hydroxylation is 1. The molecular formula is C17H18N2O4. The van der Waals surface area contributed by atoms with Crippen molar-refractivity contribution >= 4 is 12.1 Å². The minimum absolute atomic E-state index is 0.0380. The van der Waals surface area contributed by atoms with Gasteiger partial charge in [0.15, 0.2) is 18.1 Å². The van der Waals surface area contributed by atoms with Gasteiger partial charge in [-0.15, -0.1) is 0 Å². The molecule has 0 unspecified atom stereocenters. The molecule has 0 bridgehead atoms. The van der Waals surface area contributed by atoms with Crippen LogP contribution in [0.1, 0.15) is 11.1 Å². The van der Waals surface area contributed by atoms with Crippen molar-refractivity contribution in [3.05, 3.63) is 53.6 Å². The summed E-state index contributed by atoms with van der Waals surface area (Å²) >= 11 is 0. The largest absolute Gasteiger partial charge is 0.504 e. The van der Waals surface area contributed by atoms with Gasteiger partial charge in [0.1, 0.15) is 5.75 Å². The Morgan fingerprint density at radius 1 is 1.30 bits per heavy atom. The van der Waals surface area contributed by atoms with E-state index in [1.807, 2.05) is 25.1 Å². The van der Waals surface area contributed by atoms with Crippen LogP contribution >= 0.6 is 0 Å². The van der Waals surface area contributed by atoms with E-state index in [9.17, 15) is 9.90 Å². The van der Waals surface area contributed by atoms with Crippen LogP contribution in [-0.2, 0) is 4.79 Å². The predicted octanol–water partition coefficient (Wildman–Crippen LogP) is 2.24. The SMILES string of the molecule is COc1cccc(C=NNC(=O)COc2cccc(C)c2)c1O. The number of ether oxygens (including phenoxy) is 2. The predicted molar refractivity (Wildman–Crippen MR) is 87.1 cm³/mol. The Bertz CT molecular complexity index is 713. The fourth-order valence-corrected chi connectivity index (χ4v) is 1.87. The maximum Gasteiger partial charge on any atom is 0.277 e. The summed E-state index contributed by atoms with van der Waals surface area (Å²) in [5.41, 5.74) is 3.82. The maximum atomic E-state index is 11.7. The molecule has 6 nitrogen and oxygen atoms in total. The van der Waals surface area contributed by atoms with Crippen LogP contribution in [-0.4, -0.2) is 30.9 Å². The Hall–Kier alpha value is -3.02. The minimum Gasteiger partial charge on any atom is -0.504 e. The van der Waals surface area contributed by atoms with E-state index in [0.717, 1.165) is 5.56 Å². The highest BCUT2D eigenvalue weighted by Crippen LogP contribution is 2.27. The summed E-state index contributed by atoms with van der Waals surface area (Å²) in [5, 5.41) is 13.7. The van der Waals surface area contributed by atoms with Crippen LogP contribution in [0.15, 0.2) is 47.6 Å². The van der Waals surface area contributed by atoms with Gasteiger partial charge in [-0.25, -0.2) is 5.43 Å². The monoisotopic (exact) mass is 314 g/mol. The highest BCUT2D eigenvalue weighted by molar-refractivity contribution is 5.86. The van der Waals surface area contributed by atoms with Crippen molar-refractivity contribution in [3.63, 3.8) is 0 Å². The summed E-state index contributed by atoms with van der Waals surface area (Å²) < 4.78 is 10.3. The molecule has 0 spiro atoms. The molecule has 0 fully saturated rings. The lowest BCUT2D eigenvalue weighted by Gasteiger charge is -2.06. The van der Waals surface area contributed by atoms with Crippen LogP contribution in [0, 0.1) is 6.92 Å². The minimum atomic E-state index is -0.398.